The molecule has 8 heteroatoms. The highest BCUT2D eigenvalue weighted by Crippen LogP contribution is 2.29. The predicted octanol–water partition coefficient (Wildman–Crippen LogP) is 0.238. The van der Waals surface area contributed by atoms with Gasteiger partial charge in [0, 0.05) is 31.9 Å². The van der Waals surface area contributed by atoms with Gasteiger partial charge in [-0.05, 0) is 31.9 Å². The van der Waals surface area contributed by atoms with Crippen molar-refractivity contribution < 1.29 is 18.3 Å². The van der Waals surface area contributed by atoms with Crippen LogP contribution in [-0.2, 0) is 17.1 Å². The molecule has 2 saturated heterocycles. The number of fused-ring (bicyclic) bond motifs is 1. The third-order valence-electron chi connectivity index (χ3n) is 4.42. The molecule has 2 aliphatic rings. The van der Waals surface area contributed by atoms with Crippen LogP contribution >= 0.6 is 0 Å². The quantitative estimate of drug-likeness (QED) is 0.831. The Morgan fingerprint density at radius 1 is 1.38 bits per heavy atom. The summed E-state index contributed by atoms with van der Waals surface area (Å²) in [6.45, 7) is 1.96. The number of rotatable bonds is 4. The number of aromatic carboxylic acids is 1. The number of sulfonamides is 1. The molecule has 0 saturated carbocycles. The molecule has 3 rings (SSSR count). The molecule has 21 heavy (non-hydrogen) atoms. The molecule has 2 fully saturated rings. The van der Waals surface area contributed by atoms with Gasteiger partial charge in [-0.15, -0.1) is 0 Å². The fourth-order valence-electron chi connectivity index (χ4n) is 3.38. The average Bonchev–Trinajstić information content (AvgIpc) is 3.05. The zero-order valence-electron chi connectivity index (χ0n) is 11.8. The first kappa shape index (κ1) is 14.6. The van der Waals surface area contributed by atoms with Crippen molar-refractivity contribution in [2.45, 2.75) is 36.2 Å². The van der Waals surface area contributed by atoms with E-state index in [4.69, 9.17) is 5.11 Å². The summed E-state index contributed by atoms with van der Waals surface area (Å²) in [5.41, 5.74) is -0.0377. The molecule has 2 N–H and O–H groups in total. The molecule has 0 bridgehead atoms. The Morgan fingerprint density at radius 3 is 2.81 bits per heavy atom. The van der Waals surface area contributed by atoms with E-state index in [9.17, 15) is 13.2 Å². The second-order valence-electron chi connectivity index (χ2n) is 5.74. The van der Waals surface area contributed by atoms with Crippen molar-refractivity contribution in [1.82, 2.24) is 14.2 Å². The van der Waals surface area contributed by atoms with Crippen molar-refractivity contribution in [1.29, 1.82) is 0 Å². The fraction of sp³-hybridized carbons (Fsp3) is 0.615. The lowest BCUT2D eigenvalue weighted by Crippen LogP contribution is -2.42. The molecule has 0 amide bonds. The van der Waals surface area contributed by atoms with Gasteiger partial charge in [0.1, 0.15) is 10.6 Å². The topological polar surface area (TPSA) is 91.6 Å². The summed E-state index contributed by atoms with van der Waals surface area (Å²) in [6, 6.07) is 1.40. The van der Waals surface area contributed by atoms with E-state index >= 15 is 0 Å². The molecule has 0 spiro atoms. The minimum Gasteiger partial charge on any atom is -0.477 e. The second kappa shape index (κ2) is 5.11. The van der Waals surface area contributed by atoms with Gasteiger partial charge in [0.25, 0.3) is 0 Å². The first-order valence-corrected chi connectivity index (χ1v) is 8.53. The number of aryl methyl sites for hydroxylation is 1. The van der Waals surface area contributed by atoms with E-state index in [2.05, 4.69) is 9.62 Å². The van der Waals surface area contributed by atoms with Crippen LogP contribution in [0.25, 0.3) is 0 Å². The third kappa shape index (κ3) is 2.58. The van der Waals surface area contributed by atoms with Crippen molar-refractivity contribution in [2.24, 2.45) is 7.05 Å². The number of aromatic nitrogens is 1. The molecule has 0 aliphatic carbocycles. The number of carbonyl (C=O) groups is 1. The van der Waals surface area contributed by atoms with E-state index in [0.717, 1.165) is 32.4 Å². The number of carboxylic acid groups (broad SMARTS) is 1. The summed E-state index contributed by atoms with van der Waals surface area (Å²) in [5.74, 6) is -1.14. The lowest BCUT2D eigenvalue weighted by Gasteiger charge is -2.20. The summed E-state index contributed by atoms with van der Waals surface area (Å²) >= 11 is 0. The van der Waals surface area contributed by atoms with Crippen LogP contribution in [-0.4, -0.2) is 54.1 Å². The normalized spacial score (nSPS) is 26.1. The average molecular weight is 313 g/mol. The van der Waals surface area contributed by atoms with E-state index in [1.54, 1.807) is 0 Å². The van der Waals surface area contributed by atoms with Crippen LogP contribution in [0.1, 0.15) is 29.8 Å². The summed E-state index contributed by atoms with van der Waals surface area (Å²) in [4.78, 5) is 13.3. The highest BCUT2D eigenvalue weighted by atomic mass is 32.2. The Labute approximate surface area is 123 Å². The van der Waals surface area contributed by atoms with Gasteiger partial charge in [-0.3, -0.25) is 4.90 Å². The predicted molar refractivity (Wildman–Crippen MR) is 75.7 cm³/mol. The Hall–Kier alpha value is -1.38. The molecule has 1 aromatic rings. The van der Waals surface area contributed by atoms with Crippen molar-refractivity contribution in [3.8, 4) is 0 Å². The van der Waals surface area contributed by atoms with Crippen LogP contribution in [0.4, 0.5) is 0 Å². The highest BCUT2D eigenvalue weighted by Gasteiger charge is 2.39. The minimum atomic E-state index is -3.68. The van der Waals surface area contributed by atoms with Crippen molar-refractivity contribution in [3.05, 3.63) is 18.0 Å². The lowest BCUT2D eigenvalue weighted by atomic mass is 10.1. The number of hydrogen-bond acceptors (Lipinski definition) is 4. The van der Waals surface area contributed by atoms with Crippen molar-refractivity contribution in [2.75, 3.05) is 13.1 Å². The molecule has 0 radical (unpaired) electrons. The van der Waals surface area contributed by atoms with Gasteiger partial charge in [-0.2, -0.15) is 0 Å². The summed E-state index contributed by atoms with van der Waals surface area (Å²) < 4.78 is 28.9. The fourth-order valence-corrected chi connectivity index (χ4v) is 4.75. The molecule has 0 aromatic carbocycles. The summed E-state index contributed by atoms with van der Waals surface area (Å²) in [5, 5.41) is 9.01. The Balaban J connectivity index is 1.81. The van der Waals surface area contributed by atoms with Crippen molar-refractivity contribution in [3.63, 3.8) is 0 Å². The molecule has 1 aromatic heterocycles. The Kier molecular flexibility index (Phi) is 3.54. The van der Waals surface area contributed by atoms with Gasteiger partial charge in [0.2, 0.25) is 10.0 Å². The van der Waals surface area contributed by atoms with Gasteiger partial charge in [0.15, 0.2) is 0 Å². The number of hydrogen-bond donors (Lipinski definition) is 2. The van der Waals surface area contributed by atoms with Gasteiger partial charge >= 0.3 is 5.97 Å². The number of carboxylic acids is 1. The molecule has 2 atom stereocenters. The third-order valence-corrected chi connectivity index (χ3v) is 5.88. The van der Waals surface area contributed by atoms with E-state index in [1.807, 2.05) is 0 Å². The molecule has 116 valence electrons. The number of nitrogens with zero attached hydrogens (tertiary/aromatic N) is 2. The zero-order valence-corrected chi connectivity index (χ0v) is 12.6. The maximum Gasteiger partial charge on any atom is 0.352 e. The molecular weight excluding hydrogens is 294 g/mol. The van der Waals surface area contributed by atoms with E-state index in [-0.39, 0.29) is 22.7 Å². The minimum absolute atomic E-state index is 0.0128. The van der Waals surface area contributed by atoms with Gasteiger partial charge < -0.3 is 9.67 Å². The van der Waals surface area contributed by atoms with Crippen LogP contribution in [0.3, 0.4) is 0 Å². The molecule has 2 aliphatic heterocycles. The van der Waals surface area contributed by atoms with Gasteiger partial charge in [-0.1, -0.05) is 0 Å². The zero-order chi connectivity index (χ0) is 15.2. The van der Waals surface area contributed by atoms with Crippen LogP contribution in [0.5, 0.6) is 0 Å². The lowest BCUT2D eigenvalue weighted by molar-refractivity contribution is 0.0686. The summed E-state index contributed by atoms with van der Waals surface area (Å²) in [7, 11) is -2.15. The standard InChI is InChI=1S/C13H19N3O4S/c1-15-8-9(7-12(15)13(17)18)21(19,20)14-10-4-6-16-5-2-3-11(10)16/h7-8,10-11,14H,2-6H2,1H3,(H,17,18). The van der Waals surface area contributed by atoms with E-state index in [1.165, 1.54) is 23.9 Å². The largest absolute Gasteiger partial charge is 0.477 e. The second-order valence-corrected chi connectivity index (χ2v) is 7.45. The molecular formula is C13H19N3O4S. The van der Waals surface area contributed by atoms with Gasteiger partial charge in [0.05, 0.1) is 0 Å². The van der Waals surface area contributed by atoms with Crippen LogP contribution in [0.2, 0.25) is 0 Å². The smallest absolute Gasteiger partial charge is 0.352 e. The number of nitrogens with one attached hydrogen (secondary N) is 1. The van der Waals surface area contributed by atoms with Crippen LogP contribution in [0, 0.1) is 0 Å². The molecule has 3 heterocycles. The van der Waals surface area contributed by atoms with Crippen LogP contribution in [0.15, 0.2) is 17.2 Å². The van der Waals surface area contributed by atoms with Crippen molar-refractivity contribution >= 4 is 16.0 Å². The summed E-state index contributed by atoms with van der Waals surface area (Å²) in [6.07, 6.45) is 4.27. The first-order chi connectivity index (χ1) is 9.88. The monoisotopic (exact) mass is 313 g/mol. The maximum absolute atomic E-state index is 12.4. The van der Waals surface area contributed by atoms with E-state index in [0.29, 0.717) is 0 Å². The van der Waals surface area contributed by atoms with Gasteiger partial charge in [-0.25, -0.2) is 17.9 Å². The highest BCUT2D eigenvalue weighted by molar-refractivity contribution is 7.89. The molecule has 2 unspecified atom stereocenters. The Morgan fingerprint density at radius 2 is 2.14 bits per heavy atom. The SMILES string of the molecule is Cn1cc(S(=O)(=O)NC2CCN3CCCC23)cc1C(=O)O. The first-order valence-electron chi connectivity index (χ1n) is 7.04. The van der Waals surface area contributed by atoms with E-state index < -0.39 is 16.0 Å². The molecule has 7 nitrogen and oxygen atoms in total. The Bertz CT molecular complexity index is 667. The van der Waals surface area contributed by atoms with Crippen LogP contribution < -0.4 is 4.72 Å². The maximum atomic E-state index is 12.4.